The zero-order chi connectivity index (χ0) is 36.2. The van der Waals surface area contributed by atoms with Gasteiger partial charge in [-0.3, -0.25) is 9.59 Å². The summed E-state index contributed by atoms with van der Waals surface area (Å²) >= 11 is 0. The van der Waals surface area contributed by atoms with Crippen LogP contribution in [0.5, 0.6) is 23.0 Å². The quantitative estimate of drug-likeness (QED) is 0.159. The Kier molecular flexibility index (Phi) is 10.4. The molecule has 0 saturated heterocycles. The minimum Gasteiger partial charge on any atom is -0.497 e. The van der Waals surface area contributed by atoms with Crippen LogP contribution in [0.15, 0.2) is 97.1 Å². The molecule has 4 aromatic rings. The van der Waals surface area contributed by atoms with Crippen molar-refractivity contribution in [2.75, 3.05) is 20.3 Å². The first kappa shape index (κ1) is 35.6. The average Bonchev–Trinajstić information content (AvgIpc) is 3.90. The van der Waals surface area contributed by atoms with Crippen molar-refractivity contribution in [3.8, 4) is 23.0 Å². The minimum absolute atomic E-state index is 0.00398. The number of halogens is 2. The highest BCUT2D eigenvalue weighted by atomic mass is 19.3. The molecule has 0 radical (unpaired) electrons. The van der Waals surface area contributed by atoms with Crippen LogP contribution in [0, 0.1) is 0 Å². The monoisotopic (exact) mass is 703 g/mol. The van der Waals surface area contributed by atoms with Crippen LogP contribution in [0.4, 0.5) is 8.78 Å². The summed E-state index contributed by atoms with van der Waals surface area (Å²) in [6, 6.07) is 26.7. The number of benzene rings is 4. The minimum atomic E-state index is -3.75. The van der Waals surface area contributed by atoms with Gasteiger partial charge in [-0.05, 0) is 53.8 Å². The van der Waals surface area contributed by atoms with E-state index in [9.17, 15) is 23.5 Å². The fourth-order valence-corrected chi connectivity index (χ4v) is 6.18. The molecule has 4 unspecified atom stereocenters. The van der Waals surface area contributed by atoms with Gasteiger partial charge < -0.3 is 45.5 Å². The van der Waals surface area contributed by atoms with Gasteiger partial charge in [0.15, 0.2) is 17.6 Å². The molecule has 51 heavy (non-hydrogen) atoms. The first-order valence-electron chi connectivity index (χ1n) is 16.5. The summed E-state index contributed by atoms with van der Waals surface area (Å²) in [5, 5.41) is 24.5. The normalized spacial score (nSPS) is 19.9. The highest BCUT2D eigenvalue weighted by Crippen LogP contribution is 2.52. The molecular weight excluding hydrogens is 664 g/mol. The van der Waals surface area contributed by atoms with Crippen molar-refractivity contribution in [2.24, 2.45) is 5.73 Å². The van der Waals surface area contributed by atoms with Gasteiger partial charge in [-0.15, -0.1) is 8.78 Å². The van der Waals surface area contributed by atoms with Crippen LogP contribution in [0.2, 0.25) is 0 Å². The topological polar surface area (TPSA) is 162 Å². The molecule has 1 saturated carbocycles. The highest BCUT2D eigenvalue weighted by Gasteiger charge is 2.53. The maximum absolute atomic E-state index is 13.7. The van der Waals surface area contributed by atoms with Crippen LogP contribution in [-0.2, 0) is 15.0 Å². The van der Waals surface area contributed by atoms with Crippen molar-refractivity contribution in [1.29, 1.82) is 0 Å². The number of carbonyl (C=O) groups excluding carboxylic acids is 2. The number of alkyl halides is 2. The van der Waals surface area contributed by atoms with E-state index in [2.05, 4.69) is 20.1 Å². The number of ether oxygens (including phenoxy) is 4. The number of nitrogens with two attached hydrogens (primary N) is 1. The zero-order valence-electron chi connectivity index (χ0n) is 27.8. The third-order valence-corrected chi connectivity index (χ3v) is 9.18. The Balaban J connectivity index is 0.000000388. The lowest BCUT2D eigenvalue weighted by Crippen LogP contribution is -2.47. The Morgan fingerprint density at radius 3 is 2.18 bits per heavy atom. The van der Waals surface area contributed by atoms with Gasteiger partial charge in [0.2, 0.25) is 5.91 Å². The second-order valence-electron chi connectivity index (χ2n) is 12.5. The Bertz CT molecular complexity index is 1840. The fraction of sp³-hybridized carbons (Fsp3) is 0.316. The largest absolute Gasteiger partial charge is 0.586 e. The summed E-state index contributed by atoms with van der Waals surface area (Å²) in [4.78, 5) is 27.1. The van der Waals surface area contributed by atoms with Gasteiger partial charge in [-0.25, -0.2) is 0 Å². The lowest BCUT2D eigenvalue weighted by molar-refractivity contribution is -0.286. The molecule has 13 heteroatoms. The summed E-state index contributed by atoms with van der Waals surface area (Å²) in [7, 11) is 1.51. The molecule has 2 aliphatic heterocycles. The number of hydrogen-bond donors (Lipinski definition) is 5. The number of carbonyl (C=O) groups is 2. The number of methoxy groups -OCH3 is 1. The predicted molar refractivity (Wildman–Crippen MR) is 181 cm³/mol. The van der Waals surface area contributed by atoms with Crippen molar-refractivity contribution < 1.29 is 47.5 Å². The molecular formula is C38H39F2N3O8. The van der Waals surface area contributed by atoms with Gasteiger partial charge in [0, 0.05) is 18.1 Å². The van der Waals surface area contributed by atoms with Crippen molar-refractivity contribution in [1.82, 2.24) is 10.6 Å². The summed E-state index contributed by atoms with van der Waals surface area (Å²) in [5.74, 6) is -0.0527. The van der Waals surface area contributed by atoms with E-state index in [1.165, 1.54) is 19.2 Å². The molecule has 3 aliphatic rings. The van der Waals surface area contributed by atoms with Crippen LogP contribution >= 0.6 is 0 Å². The lowest BCUT2D eigenvalue weighted by atomic mass is 9.91. The Hall–Kier alpha value is -5.24. The van der Waals surface area contributed by atoms with Crippen LogP contribution in [0.1, 0.15) is 59.6 Å². The molecule has 4 aromatic carbocycles. The van der Waals surface area contributed by atoms with Crippen molar-refractivity contribution in [3.63, 3.8) is 0 Å². The van der Waals surface area contributed by atoms with Gasteiger partial charge in [0.1, 0.15) is 11.5 Å². The average molecular weight is 704 g/mol. The fourth-order valence-electron chi connectivity index (χ4n) is 6.18. The smallest absolute Gasteiger partial charge is 0.497 e. The number of nitrogens with one attached hydrogen (secondary N) is 2. The molecule has 2 amide bonds. The van der Waals surface area contributed by atoms with Crippen molar-refractivity contribution in [3.05, 3.63) is 119 Å². The second kappa shape index (κ2) is 14.9. The van der Waals surface area contributed by atoms with Crippen LogP contribution < -0.4 is 35.3 Å². The highest BCUT2D eigenvalue weighted by molar-refractivity contribution is 5.92. The van der Waals surface area contributed by atoms with E-state index in [4.69, 9.17) is 20.3 Å². The lowest BCUT2D eigenvalue weighted by Gasteiger charge is -2.34. The van der Waals surface area contributed by atoms with Crippen LogP contribution in [-0.4, -0.2) is 54.7 Å². The van der Waals surface area contributed by atoms with Gasteiger partial charge >= 0.3 is 6.29 Å². The number of aliphatic hydroxyl groups excluding tert-OH is 2. The van der Waals surface area contributed by atoms with Gasteiger partial charge in [0.25, 0.3) is 5.91 Å². The number of fused-ring (bicyclic) bond motifs is 2. The summed E-state index contributed by atoms with van der Waals surface area (Å²) in [6.07, 6.45) is -3.55. The molecule has 2 heterocycles. The van der Waals surface area contributed by atoms with Gasteiger partial charge in [-0.2, -0.15) is 0 Å². The zero-order valence-corrected chi connectivity index (χ0v) is 27.8. The predicted octanol–water partition coefficient (Wildman–Crippen LogP) is 4.59. The Morgan fingerprint density at radius 1 is 0.882 bits per heavy atom. The molecule has 0 spiro atoms. The summed E-state index contributed by atoms with van der Waals surface area (Å²) in [6.45, 7) is -0.305. The molecule has 1 fully saturated rings. The maximum Gasteiger partial charge on any atom is 0.586 e. The number of hydrogen-bond acceptors (Lipinski definition) is 9. The molecule has 0 aromatic heterocycles. The molecule has 268 valence electrons. The molecule has 0 bridgehead atoms. The third kappa shape index (κ3) is 7.90. The number of amides is 2. The van der Waals surface area contributed by atoms with Crippen molar-refractivity contribution in [2.45, 2.75) is 55.2 Å². The van der Waals surface area contributed by atoms with Crippen LogP contribution in [0.25, 0.3) is 0 Å². The van der Waals surface area contributed by atoms with E-state index in [1.807, 2.05) is 48.5 Å². The Morgan fingerprint density at radius 2 is 1.55 bits per heavy atom. The molecule has 7 rings (SSSR count). The maximum atomic E-state index is 13.7. The van der Waals surface area contributed by atoms with Crippen LogP contribution in [0.3, 0.4) is 0 Å². The van der Waals surface area contributed by atoms with E-state index >= 15 is 0 Å². The van der Waals surface area contributed by atoms with E-state index in [0.717, 1.165) is 11.1 Å². The standard InChI is InChI=1S/C30H28F2N2O7.C8H11NO/c1-38-19-8-9-20-21(15-26(39-24(20)14-19)27(36)33-22(16-35)17-5-3-2-4-6-17)34-28(37)29(11-12-29)18-7-10-23-25(13-18)41-30(31,32)40-23;9-8(6-10)7-4-2-1-3-5-7/h2-10,13-14,21-22,26,35H,11-12,15-16H2,1H3,(H,33,36)(H,34,37);1-5,8,10H,6,9H2. The van der Waals surface area contributed by atoms with Gasteiger partial charge in [-0.1, -0.05) is 66.7 Å². The molecule has 6 N–H and O–H groups in total. The van der Waals surface area contributed by atoms with E-state index in [0.29, 0.717) is 35.5 Å². The SMILES string of the molecule is COc1ccc2c(c1)OC(C(=O)NC(CO)c1ccccc1)CC2NC(=O)C1(c2ccc3c(c2)OC(F)(F)O3)CC1.NC(CO)c1ccccc1. The van der Waals surface area contributed by atoms with Crippen molar-refractivity contribution >= 4 is 11.8 Å². The molecule has 1 aliphatic carbocycles. The second-order valence-corrected chi connectivity index (χ2v) is 12.5. The summed E-state index contributed by atoms with van der Waals surface area (Å²) < 4.78 is 47.6. The first-order valence-corrected chi connectivity index (χ1v) is 16.5. The molecule has 4 atom stereocenters. The number of rotatable bonds is 10. The van der Waals surface area contributed by atoms with Gasteiger partial charge in [0.05, 0.1) is 43.9 Å². The third-order valence-electron chi connectivity index (χ3n) is 9.18. The number of aliphatic hydroxyl groups is 2. The summed E-state index contributed by atoms with van der Waals surface area (Å²) in [5.41, 5.74) is 7.55. The molecule has 11 nitrogen and oxygen atoms in total. The first-order chi connectivity index (χ1) is 24.6. The van der Waals surface area contributed by atoms with E-state index in [-0.39, 0.29) is 43.1 Å². The van der Waals surface area contributed by atoms with E-state index < -0.39 is 35.8 Å². The van der Waals surface area contributed by atoms with E-state index in [1.54, 1.807) is 36.4 Å². The Labute approximate surface area is 293 Å².